The van der Waals surface area contributed by atoms with Gasteiger partial charge in [0, 0.05) is 17.5 Å². The van der Waals surface area contributed by atoms with E-state index >= 15 is 0 Å². The molecule has 1 aliphatic rings. The van der Waals surface area contributed by atoms with Crippen molar-refractivity contribution in [1.29, 1.82) is 5.26 Å². The van der Waals surface area contributed by atoms with Crippen molar-refractivity contribution >= 4 is 21.4 Å². The van der Waals surface area contributed by atoms with Crippen molar-refractivity contribution in [2.75, 3.05) is 11.6 Å². The van der Waals surface area contributed by atoms with E-state index in [2.05, 4.69) is 11.4 Å². The number of nitrogens with zero attached hydrogens (tertiary/aromatic N) is 1. The van der Waals surface area contributed by atoms with Crippen LogP contribution < -0.4 is 5.32 Å². The van der Waals surface area contributed by atoms with Crippen molar-refractivity contribution in [2.45, 2.75) is 31.4 Å². The van der Waals surface area contributed by atoms with Crippen LogP contribution in [0.4, 0.5) is 10.1 Å². The zero-order valence-electron chi connectivity index (χ0n) is 12.2. The summed E-state index contributed by atoms with van der Waals surface area (Å²) in [6.07, 6.45) is 3.68. The molecule has 118 valence electrons. The van der Waals surface area contributed by atoms with Gasteiger partial charge in [0.15, 0.2) is 9.84 Å². The molecule has 1 aromatic rings. The van der Waals surface area contributed by atoms with Gasteiger partial charge in [0.1, 0.15) is 11.2 Å². The topological polar surface area (TPSA) is 87.0 Å². The summed E-state index contributed by atoms with van der Waals surface area (Å²) in [6.45, 7) is 0. The summed E-state index contributed by atoms with van der Waals surface area (Å²) < 4.78 is 36.3. The van der Waals surface area contributed by atoms with Gasteiger partial charge >= 0.3 is 0 Å². The van der Waals surface area contributed by atoms with E-state index in [1.165, 1.54) is 12.1 Å². The number of halogens is 1. The normalized spacial score (nSPS) is 17.0. The summed E-state index contributed by atoms with van der Waals surface area (Å²) in [4.78, 5) is 12.2. The van der Waals surface area contributed by atoms with Crippen molar-refractivity contribution in [3.63, 3.8) is 0 Å². The number of rotatable bonds is 4. The largest absolute Gasteiger partial charge is 0.325 e. The van der Waals surface area contributed by atoms with Crippen molar-refractivity contribution in [2.24, 2.45) is 5.41 Å². The van der Waals surface area contributed by atoms with Gasteiger partial charge in [-0.25, -0.2) is 12.8 Å². The average molecular weight is 324 g/mol. The first kappa shape index (κ1) is 16.4. The first-order valence-electron chi connectivity index (χ1n) is 6.95. The maximum absolute atomic E-state index is 13.9. The molecular weight excluding hydrogens is 307 g/mol. The highest BCUT2D eigenvalue weighted by molar-refractivity contribution is 7.89. The van der Waals surface area contributed by atoms with E-state index in [9.17, 15) is 22.9 Å². The number of benzene rings is 1. The van der Waals surface area contributed by atoms with Crippen LogP contribution in [0.15, 0.2) is 18.2 Å². The Bertz CT molecular complexity index is 732. The molecule has 1 aliphatic carbocycles. The molecule has 1 N–H and O–H groups in total. The van der Waals surface area contributed by atoms with E-state index < -0.39 is 32.7 Å². The number of nitriles is 1. The summed E-state index contributed by atoms with van der Waals surface area (Å²) in [6, 6.07) is 5.93. The number of carbonyl (C=O) groups excluding carboxylic acids is 1. The Kier molecular flexibility index (Phi) is 4.52. The lowest BCUT2D eigenvalue weighted by atomic mass is 9.87. The van der Waals surface area contributed by atoms with Gasteiger partial charge in [-0.1, -0.05) is 18.9 Å². The molecule has 0 heterocycles. The predicted octanol–water partition coefficient (Wildman–Crippen LogP) is 2.39. The summed E-state index contributed by atoms with van der Waals surface area (Å²) in [5.41, 5.74) is -0.764. The molecule has 1 aromatic carbocycles. The van der Waals surface area contributed by atoms with Crippen molar-refractivity contribution in [3.05, 3.63) is 29.6 Å². The van der Waals surface area contributed by atoms with Crippen molar-refractivity contribution < 1.29 is 17.6 Å². The maximum atomic E-state index is 13.9. The molecule has 1 fully saturated rings. The van der Waals surface area contributed by atoms with Crippen LogP contribution in [0.3, 0.4) is 0 Å². The van der Waals surface area contributed by atoms with Crippen LogP contribution in [0.2, 0.25) is 0 Å². The molecule has 1 saturated carbocycles. The van der Waals surface area contributed by atoms with E-state index in [1.54, 1.807) is 0 Å². The van der Waals surface area contributed by atoms with E-state index in [-0.39, 0.29) is 11.3 Å². The summed E-state index contributed by atoms with van der Waals surface area (Å²) >= 11 is 0. The van der Waals surface area contributed by atoms with Gasteiger partial charge in [0.25, 0.3) is 0 Å². The van der Waals surface area contributed by atoms with Crippen LogP contribution in [0.1, 0.15) is 31.2 Å². The molecular formula is C15H17FN2O3S. The van der Waals surface area contributed by atoms with Crippen LogP contribution in [0.25, 0.3) is 0 Å². The van der Waals surface area contributed by atoms with Gasteiger partial charge in [-0.2, -0.15) is 5.26 Å². The van der Waals surface area contributed by atoms with E-state index in [1.807, 2.05) is 0 Å². The Balaban J connectivity index is 2.16. The molecule has 5 nitrogen and oxygen atoms in total. The number of anilines is 1. The first-order valence-corrected chi connectivity index (χ1v) is 9.01. The molecule has 0 saturated heterocycles. The van der Waals surface area contributed by atoms with Crippen LogP contribution in [-0.4, -0.2) is 20.6 Å². The minimum atomic E-state index is -3.33. The smallest absolute Gasteiger partial charge is 0.244 e. The number of nitrogens with one attached hydrogen (secondary N) is 1. The zero-order chi connectivity index (χ0) is 16.4. The number of hydrogen-bond acceptors (Lipinski definition) is 4. The fraction of sp³-hybridized carbons (Fsp3) is 0.467. The highest BCUT2D eigenvalue weighted by atomic mass is 32.2. The predicted molar refractivity (Wildman–Crippen MR) is 80.1 cm³/mol. The molecule has 2 rings (SSSR count). The van der Waals surface area contributed by atoms with Gasteiger partial charge in [0.05, 0.1) is 11.8 Å². The van der Waals surface area contributed by atoms with Crippen LogP contribution in [0.5, 0.6) is 0 Å². The Morgan fingerprint density at radius 2 is 2.05 bits per heavy atom. The highest BCUT2D eigenvalue weighted by Gasteiger charge is 2.41. The molecule has 0 spiro atoms. The molecule has 0 radical (unpaired) electrons. The third kappa shape index (κ3) is 3.63. The Morgan fingerprint density at radius 3 is 2.55 bits per heavy atom. The minimum absolute atomic E-state index is 0.0522. The monoisotopic (exact) mass is 324 g/mol. The molecule has 0 aliphatic heterocycles. The zero-order valence-corrected chi connectivity index (χ0v) is 13.0. The summed E-state index contributed by atoms with van der Waals surface area (Å²) in [7, 11) is -3.33. The van der Waals surface area contributed by atoms with Crippen molar-refractivity contribution in [3.8, 4) is 6.07 Å². The van der Waals surface area contributed by atoms with Gasteiger partial charge in [-0.05, 0) is 25.0 Å². The van der Waals surface area contributed by atoms with Gasteiger partial charge in [-0.15, -0.1) is 0 Å². The molecule has 22 heavy (non-hydrogen) atoms. The highest BCUT2D eigenvalue weighted by Crippen LogP contribution is 2.38. The quantitative estimate of drug-likeness (QED) is 0.921. The standard InChI is InChI=1S/C15H17FN2O3S/c1-22(20,21)9-11-4-5-12(8-13(11)16)18-14(19)15(10-17)6-2-3-7-15/h4-5,8H,2-3,6-7,9H2,1H3,(H,18,19). The van der Waals surface area contributed by atoms with E-state index in [0.717, 1.165) is 25.2 Å². The Morgan fingerprint density at radius 1 is 1.41 bits per heavy atom. The second kappa shape index (κ2) is 6.05. The Labute approximate surface area is 129 Å². The number of hydrogen-bond donors (Lipinski definition) is 1. The second-order valence-electron chi connectivity index (χ2n) is 5.73. The first-order chi connectivity index (χ1) is 10.3. The number of carbonyl (C=O) groups is 1. The lowest BCUT2D eigenvalue weighted by Crippen LogP contribution is -2.32. The fourth-order valence-electron chi connectivity index (χ4n) is 2.64. The molecule has 0 bridgehead atoms. The molecule has 7 heteroatoms. The fourth-order valence-corrected chi connectivity index (χ4v) is 3.44. The number of sulfone groups is 1. The second-order valence-corrected chi connectivity index (χ2v) is 7.87. The third-order valence-electron chi connectivity index (χ3n) is 3.83. The SMILES string of the molecule is CS(=O)(=O)Cc1ccc(NC(=O)C2(C#N)CCCC2)cc1F. The summed E-state index contributed by atoms with van der Waals surface area (Å²) in [5, 5.41) is 11.8. The molecule has 0 aromatic heterocycles. The molecule has 1 amide bonds. The lowest BCUT2D eigenvalue weighted by molar-refractivity contribution is -0.122. The summed E-state index contributed by atoms with van der Waals surface area (Å²) in [5.74, 6) is -1.52. The van der Waals surface area contributed by atoms with Gasteiger partial charge < -0.3 is 5.32 Å². The van der Waals surface area contributed by atoms with Crippen LogP contribution in [-0.2, 0) is 20.4 Å². The van der Waals surface area contributed by atoms with E-state index in [4.69, 9.17) is 0 Å². The Hall–Kier alpha value is -1.94. The van der Waals surface area contributed by atoms with Crippen LogP contribution >= 0.6 is 0 Å². The van der Waals surface area contributed by atoms with Crippen LogP contribution in [0, 0.1) is 22.6 Å². The lowest BCUT2D eigenvalue weighted by Gasteiger charge is -2.19. The van der Waals surface area contributed by atoms with Gasteiger partial charge in [0.2, 0.25) is 5.91 Å². The third-order valence-corrected chi connectivity index (χ3v) is 4.67. The van der Waals surface area contributed by atoms with Gasteiger partial charge in [-0.3, -0.25) is 4.79 Å². The molecule has 0 atom stereocenters. The molecule has 0 unspecified atom stereocenters. The maximum Gasteiger partial charge on any atom is 0.244 e. The minimum Gasteiger partial charge on any atom is -0.325 e. The number of amides is 1. The average Bonchev–Trinajstić information content (AvgIpc) is 2.90. The van der Waals surface area contributed by atoms with Crippen molar-refractivity contribution in [1.82, 2.24) is 0 Å². The van der Waals surface area contributed by atoms with E-state index in [0.29, 0.717) is 12.8 Å².